The number of hydrogen-bond acceptors (Lipinski definition) is 3. The van der Waals surface area contributed by atoms with E-state index >= 15 is 0 Å². The summed E-state index contributed by atoms with van der Waals surface area (Å²) in [6, 6.07) is 12.7. The third kappa shape index (κ3) is 4.07. The van der Waals surface area contributed by atoms with Gasteiger partial charge in [0.05, 0.1) is 13.5 Å². The molecule has 1 aliphatic heterocycles. The van der Waals surface area contributed by atoms with Crippen LogP contribution in [-0.2, 0) is 11.2 Å². The Balaban J connectivity index is 1.39. The number of amides is 2. The van der Waals surface area contributed by atoms with Crippen molar-refractivity contribution in [2.45, 2.75) is 6.42 Å². The van der Waals surface area contributed by atoms with Gasteiger partial charge < -0.3 is 19.5 Å². The van der Waals surface area contributed by atoms with Gasteiger partial charge in [-0.3, -0.25) is 9.59 Å². The van der Waals surface area contributed by atoms with E-state index in [1.165, 1.54) is 0 Å². The Bertz CT molecular complexity index is 1050. The minimum atomic E-state index is -0.0525. The molecule has 1 aliphatic rings. The van der Waals surface area contributed by atoms with Crippen LogP contribution in [0.4, 0.5) is 0 Å². The lowest BCUT2D eigenvalue weighted by atomic mass is 10.1. The fourth-order valence-corrected chi connectivity index (χ4v) is 3.86. The minimum Gasteiger partial charge on any atom is -0.497 e. The highest BCUT2D eigenvalue weighted by molar-refractivity contribution is 6.30. The predicted octanol–water partition coefficient (Wildman–Crippen LogP) is 3.36. The lowest BCUT2D eigenvalue weighted by Crippen LogP contribution is -2.51. The Morgan fingerprint density at radius 2 is 1.83 bits per heavy atom. The molecule has 7 heteroatoms. The predicted molar refractivity (Wildman–Crippen MR) is 112 cm³/mol. The van der Waals surface area contributed by atoms with E-state index in [1.54, 1.807) is 36.3 Å². The van der Waals surface area contributed by atoms with Gasteiger partial charge in [-0.05, 0) is 42.0 Å². The van der Waals surface area contributed by atoms with E-state index < -0.39 is 0 Å². The lowest BCUT2D eigenvalue weighted by molar-refractivity contribution is -0.131. The molecule has 1 N–H and O–H groups in total. The minimum absolute atomic E-state index is 0.0525. The molecule has 4 rings (SSSR count). The molecular formula is C22H22ClN3O3. The van der Waals surface area contributed by atoms with Crippen molar-refractivity contribution in [2.24, 2.45) is 0 Å². The van der Waals surface area contributed by atoms with Crippen molar-refractivity contribution in [1.82, 2.24) is 14.8 Å². The highest BCUT2D eigenvalue weighted by Gasteiger charge is 2.25. The average Bonchev–Trinajstić information content (AvgIpc) is 3.15. The van der Waals surface area contributed by atoms with Crippen LogP contribution in [-0.4, -0.2) is 59.9 Å². The Morgan fingerprint density at radius 3 is 2.55 bits per heavy atom. The van der Waals surface area contributed by atoms with Gasteiger partial charge in [-0.1, -0.05) is 17.7 Å². The third-order valence-electron chi connectivity index (χ3n) is 5.31. The van der Waals surface area contributed by atoms with Crippen molar-refractivity contribution in [3.63, 3.8) is 0 Å². The van der Waals surface area contributed by atoms with Crippen LogP contribution in [0.2, 0.25) is 5.02 Å². The van der Waals surface area contributed by atoms with Crippen LogP contribution in [0.3, 0.4) is 0 Å². The van der Waals surface area contributed by atoms with Gasteiger partial charge >= 0.3 is 0 Å². The van der Waals surface area contributed by atoms with Gasteiger partial charge in [-0.2, -0.15) is 0 Å². The number of piperazine rings is 1. The number of nitrogens with zero attached hydrogens (tertiary/aromatic N) is 2. The van der Waals surface area contributed by atoms with Crippen molar-refractivity contribution >= 4 is 34.3 Å². The zero-order valence-electron chi connectivity index (χ0n) is 16.2. The molecule has 2 aromatic carbocycles. The first-order valence-corrected chi connectivity index (χ1v) is 9.89. The maximum Gasteiger partial charge on any atom is 0.254 e. The van der Waals surface area contributed by atoms with Crippen LogP contribution >= 0.6 is 11.6 Å². The normalized spacial score (nSPS) is 14.3. The van der Waals surface area contributed by atoms with Gasteiger partial charge in [0.15, 0.2) is 0 Å². The number of halogens is 1. The van der Waals surface area contributed by atoms with Gasteiger partial charge in [0.25, 0.3) is 5.91 Å². The molecule has 150 valence electrons. The summed E-state index contributed by atoms with van der Waals surface area (Å²) in [5.41, 5.74) is 2.50. The second-order valence-corrected chi connectivity index (χ2v) is 7.52. The van der Waals surface area contributed by atoms with Crippen molar-refractivity contribution in [1.29, 1.82) is 0 Å². The van der Waals surface area contributed by atoms with E-state index in [1.807, 2.05) is 29.3 Å². The standard InChI is InChI=1S/C22H22ClN3O3/c1-29-18-5-6-20-19(13-18)16(14-24-20)12-21(27)25-7-9-26(10-8-25)22(28)15-3-2-4-17(23)11-15/h2-6,11,13-14,24H,7-10,12H2,1H3. The molecular weight excluding hydrogens is 390 g/mol. The maximum atomic E-state index is 12.8. The van der Waals surface area contributed by atoms with E-state index in [-0.39, 0.29) is 11.8 Å². The first-order valence-electron chi connectivity index (χ1n) is 9.52. The van der Waals surface area contributed by atoms with E-state index in [2.05, 4.69) is 4.98 Å². The van der Waals surface area contributed by atoms with Crippen LogP contribution in [0, 0.1) is 0 Å². The Kier molecular flexibility index (Phi) is 5.45. The molecule has 0 atom stereocenters. The first kappa shape index (κ1) is 19.3. The summed E-state index contributed by atoms with van der Waals surface area (Å²) in [5.74, 6) is 0.769. The molecule has 0 aliphatic carbocycles. The second kappa shape index (κ2) is 8.17. The topological polar surface area (TPSA) is 65.6 Å². The number of nitrogens with one attached hydrogen (secondary N) is 1. The molecule has 1 saturated heterocycles. The van der Waals surface area contributed by atoms with Crippen LogP contribution in [0.25, 0.3) is 10.9 Å². The summed E-state index contributed by atoms with van der Waals surface area (Å²) in [4.78, 5) is 32.2. The zero-order valence-corrected chi connectivity index (χ0v) is 16.9. The molecule has 0 bridgehead atoms. The highest BCUT2D eigenvalue weighted by atomic mass is 35.5. The molecule has 6 nitrogen and oxygen atoms in total. The summed E-state index contributed by atoms with van der Waals surface area (Å²) >= 11 is 5.99. The van der Waals surface area contributed by atoms with Crippen molar-refractivity contribution in [3.05, 3.63) is 64.8 Å². The van der Waals surface area contributed by atoms with Gasteiger partial charge in [0, 0.05) is 53.9 Å². The number of aromatic nitrogens is 1. The third-order valence-corrected chi connectivity index (χ3v) is 5.54. The van der Waals surface area contributed by atoms with Crippen molar-refractivity contribution < 1.29 is 14.3 Å². The summed E-state index contributed by atoms with van der Waals surface area (Å²) < 4.78 is 5.29. The van der Waals surface area contributed by atoms with Crippen LogP contribution in [0.1, 0.15) is 15.9 Å². The molecule has 0 unspecified atom stereocenters. The number of methoxy groups -OCH3 is 1. The maximum absolute atomic E-state index is 12.8. The van der Waals surface area contributed by atoms with E-state index in [4.69, 9.17) is 16.3 Å². The number of benzene rings is 2. The summed E-state index contributed by atoms with van der Waals surface area (Å²) in [7, 11) is 1.63. The van der Waals surface area contributed by atoms with Crippen molar-refractivity contribution in [3.8, 4) is 5.75 Å². The zero-order chi connectivity index (χ0) is 20.4. The van der Waals surface area contributed by atoms with Gasteiger partial charge in [0.2, 0.25) is 5.91 Å². The number of fused-ring (bicyclic) bond motifs is 1. The number of H-pyrrole nitrogens is 1. The Morgan fingerprint density at radius 1 is 1.07 bits per heavy atom. The van der Waals surface area contributed by atoms with Crippen LogP contribution < -0.4 is 4.74 Å². The van der Waals surface area contributed by atoms with E-state index in [0.717, 1.165) is 22.2 Å². The van der Waals surface area contributed by atoms with Gasteiger partial charge in [0.1, 0.15) is 5.75 Å². The summed E-state index contributed by atoms with van der Waals surface area (Å²) in [5, 5.41) is 1.53. The summed E-state index contributed by atoms with van der Waals surface area (Å²) in [6.45, 7) is 2.07. The summed E-state index contributed by atoms with van der Waals surface area (Å²) in [6.07, 6.45) is 2.19. The molecule has 0 spiro atoms. The SMILES string of the molecule is COc1ccc2[nH]cc(CC(=O)N3CCN(C(=O)c4cccc(Cl)c4)CC3)c2c1. The number of carbonyl (C=O) groups excluding carboxylic acids is 2. The van der Waals surface area contributed by atoms with Crippen LogP contribution in [0.5, 0.6) is 5.75 Å². The van der Waals surface area contributed by atoms with Crippen molar-refractivity contribution in [2.75, 3.05) is 33.3 Å². The first-order chi connectivity index (χ1) is 14.0. The molecule has 0 saturated carbocycles. The monoisotopic (exact) mass is 411 g/mol. The van der Waals surface area contributed by atoms with Gasteiger partial charge in [-0.15, -0.1) is 0 Å². The molecule has 1 aromatic heterocycles. The lowest BCUT2D eigenvalue weighted by Gasteiger charge is -2.35. The number of carbonyl (C=O) groups is 2. The quantitative estimate of drug-likeness (QED) is 0.716. The molecule has 2 heterocycles. The van der Waals surface area contributed by atoms with E-state index in [0.29, 0.717) is 43.2 Å². The number of aromatic amines is 1. The number of ether oxygens (including phenoxy) is 1. The van der Waals surface area contributed by atoms with Crippen LogP contribution in [0.15, 0.2) is 48.7 Å². The highest BCUT2D eigenvalue weighted by Crippen LogP contribution is 2.24. The molecule has 2 amide bonds. The average molecular weight is 412 g/mol. The molecule has 29 heavy (non-hydrogen) atoms. The Labute approximate surface area is 174 Å². The fourth-order valence-electron chi connectivity index (χ4n) is 3.67. The molecule has 1 fully saturated rings. The molecule has 0 radical (unpaired) electrons. The number of hydrogen-bond donors (Lipinski definition) is 1. The smallest absolute Gasteiger partial charge is 0.254 e. The molecule has 3 aromatic rings. The fraction of sp³-hybridized carbons (Fsp3) is 0.273. The Hall–Kier alpha value is -2.99. The van der Waals surface area contributed by atoms with E-state index in [9.17, 15) is 9.59 Å². The largest absolute Gasteiger partial charge is 0.497 e. The number of rotatable bonds is 4. The second-order valence-electron chi connectivity index (χ2n) is 7.09. The van der Waals surface area contributed by atoms with Gasteiger partial charge in [-0.25, -0.2) is 0 Å².